The predicted octanol–water partition coefficient (Wildman–Crippen LogP) is 0.860. The number of benzene rings is 1. The van der Waals surface area contributed by atoms with Crippen molar-refractivity contribution in [1.82, 2.24) is 5.32 Å². The van der Waals surface area contributed by atoms with Crippen molar-refractivity contribution in [3.8, 4) is 0 Å². The summed E-state index contributed by atoms with van der Waals surface area (Å²) in [5.74, 6) is -1.37. The maximum Gasteiger partial charge on any atom is 0.332 e. The standard InChI is InChI=1S/C12H15N3O6/c1-7-8(3-2-4-9(7)15(20)21)14-12(19)13-6-5-10(16)11(17)18/h2-4,10,16H,5-6H2,1H3,(H,17,18)(H2,13,14,19)/t10-/m0/s1. The Kier molecular flexibility index (Phi) is 5.61. The third kappa shape index (κ3) is 4.73. The summed E-state index contributed by atoms with van der Waals surface area (Å²) in [6, 6.07) is 3.63. The highest BCUT2D eigenvalue weighted by atomic mass is 16.6. The monoisotopic (exact) mass is 297 g/mol. The van der Waals surface area contributed by atoms with Crippen molar-refractivity contribution in [2.24, 2.45) is 0 Å². The molecule has 0 aromatic heterocycles. The molecule has 1 aromatic rings. The molecule has 0 aliphatic carbocycles. The lowest BCUT2D eigenvalue weighted by Crippen LogP contribution is -2.33. The molecule has 0 heterocycles. The second-order valence-electron chi connectivity index (χ2n) is 4.23. The third-order valence-electron chi connectivity index (χ3n) is 2.74. The predicted molar refractivity (Wildman–Crippen MR) is 73.1 cm³/mol. The molecule has 1 rings (SSSR count). The fourth-order valence-electron chi connectivity index (χ4n) is 1.57. The fraction of sp³-hybridized carbons (Fsp3) is 0.333. The second kappa shape index (κ2) is 7.20. The number of nitrogens with zero attached hydrogens (tertiary/aromatic N) is 1. The van der Waals surface area contributed by atoms with Gasteiger partial charge >= 0.3 is 12.0 Å². The summed E-state index contributed by atoms with van der Waals surface area (Å²) in [6.07, 6.45) is -1.69. The Hall–Kier alpha value is -2.68. The zero-order chi connectivity index (χ0) is 16.0. The summed E-state index contributed by atoms with van der Waals surface area (Å²) in [6.45, 7) is 1.45. The van der Waals surface area contributed by atoms with E-state index in [2.05, 4.69) is 10.6 Å². The minimum absolute atomic E-state index is 0.0483. The molecule has 9 heteroatoms. The van der Waals surface area contributed by atoms with Gasteiger partial charge in [0.1, 0.15) is 0 Å². The molecular formula is C12H15N3O6. The zero-order valence-corrected chi connectivity index (χ0v) is 11.2. The molecule has 1 aromatic carbocycles. The van der Waals surface area contributed by atoms with Crippen LogP contribution in [0.25, 0.3) is 0 Å². The van der Waals surface area contributed by atoms with Gasteiger partial charge in [-0.15, -0.1) is 0 Å². The molecule has 0 aliphatic rings. The van der Waals surface area contributed by atoms with E-state index in [1.807, 2.05) is 0 Å². The molecule has 0 saturated heterocycles. The molecule has 21 heavy (non-hydrogen) atoms. The number of carboxylic acids is 1. The molecule has 2 amide bonds. The van der Waals surface area contributed by atoms with Gasteiger partial charge in [-0.3, -0.25) is 10.1 Å². The Balaban J connectivity index is 2.58. The van der Waals surface area contributed by atoms with Crippen LogP contribution >= 0.6 is 0 Å². The Morgan fingerprint density at radius 3 is 2.67 bits per heavy atom. The Morgan fingerprint density at radius 2 is 2.10 bits per heavy atom. The van der Waals surface area contributed by atoms with Crippen LogP contribution in [0.3, 0.4) is 0 Å². The van der Waals surface area contributed by atoms with E-state index in [1.165, 1.54) is 25.1 Å². The van der Waals surface area contributed by atoms with E-state index in [0.717, 1.165) is 0 Å². The zero-order valence-electron chi connectivity index (χ0n) is 11.2. The van der Waals surface area contributed by atoms with E-state index in [9.17, 15) is 19.7 Å². The third-order valence-corrected chi connectivity index (χ3v) is 2.74. The number of urea groups is 1. The number of nitro benzene ring substituents is 1. The number of aliphatic carboxylic acids is 1. The van der Waals surface area contributed by atoms with E-state index in [1.54, 1.807) is 0 Å². The number of amides is 2. The van der Waals surface area contributed by atoms with Crippen LogP contribution in [0.4, 0.5) is 16.2 Å². The summed E-state index contributed by atoms with van der Waals surface area (Å²) in [5.41, 5.74) is 0.470. The highest BCUT2D eigenvalue weighted by molar-refractivity contribution is 5.90. The van der Waals surface area contributed by atoms with Crippen LogP contribution in [0, 0.1) is 17.0 Å². The lowest BCUT2D eigenvalue weighted by molar-refractivity contribution is -0.385. The van der Waals surface area contributed by atoms with Gasteiger partial charge in [-0.25, -0.2) is 9.59 Å². The van der Waals surface area contributed by atoms with Gasteiger partial charge in [-0.2, -0.15) is 0 Å². The number of hydrogen-bond acceptors (Lipinski definition) is 5. The quantitative estimate of drug-likeness (QED) is 0.453. The first-order valence-electron chi connectivity index (χ1n) is 6.02. The number of aliphatic hydroxyl groups is 1. The van der Waals surface area contributed by atoms with Crippen LogP contribution in [0.2, 0.25) is 0 Å². The van der Waals surface area contributed by atoms with Gasteiger partial charge in [0.05, 0.1) is 16.2 Å². The van der Waals surface area contributed by atoms with Crippen LogP contribution < -0.4 is 10.6 Å². The van der Waals surface area contributed by atoms with E-state index in [-0.39, 0.29) is 24.3 Å². The van der Waals surface area contributed by atoms with Gasteiger partial charge in [0.25, 0.3) is 5.69 Å². The average Bonchev–Trinajstić information content (AvgIpc) is 2.40. The van der Waals surface area contributed by atoms with Gasteiger partial charge in [-0.1, -0.05) is 6.07 Å². The van der Waals surface area contributed by atoms with Gasteiger partial charge in [0.15, 0.2) is 6.10 Å². The topological polar surface area (TPSA) is 142 Å². The SMILES string of the molecule is Cc1c(NC(=O)NCC[C@H](O)C(=O)O)cccc1[N+](=O)[O-]. The molecular weight excluding hydrogens is 282 g/mol. The summed E-state index contributed by atoms with van der Waals surface area (Å²) in [5, 5.41) is 33.0. The van der Waals surface area contributed by atoms with E-state index < -0.39 is 23.0 Å². The van der Waals surface area contributed by atoms with Crippen LogP contribution in [0.15, 0.2) is 18.2 Å². The van der Waals surface area contributed by atoms with Gasteiger partial charge in [0.2, 0.25) is 0 Å². The lowest BCUT2D eigenvalue weighted by atomic mass is 10.1. The molecule has 9 nitrogen and oxygen atoms in total. The Labute approximate surface area is 119 Å². The molecule has 0 spiro atoms. The molecule has 0 saturated carbocycles. The number of anilines is 1. The summed E-state index contributed by atoms with van der Waals surface area (Å²) in [4.78, 5) is 32.2. The van der Waals surface area contributed by atoms with Crippen molar-refractivity contribution < 1.29 is 24.7 Å². The number of carbonyl (C=O) groups is 2. The average molecular weight is 297 g/mol. The van der Waals surface area contributed by atoms with E-state index in [4.69, 9.17) is 10.2 Å². The molecule has 0 unspecified atom stereocenters. The molecule has 0 radical (unpaired) electrons. The number of aliphatic hydroxyl groups excluding tert-OH is 1. The van der Waals surface area contributed by atoms with E-state index >= 15 is 0 Å². The van der Waals surface area contributed by atoms with Crippen LogP contribution in [-0.4, -0.2) is 39.8 Å². The summed E-state index contributed by atoms with van der Waals surface area (Å²) < 4.78 is 0. The van der Waals surface area contributed by atoms with Crippen molar-refractivity contribution in [3.63, 3.8) is 0 Å². The van der Waals surface area contributed by atoms with Crippen molar-refractivity contribution in [2.75, 3.05) is 11.9 Å². The Morgan fingerprint density at radius 1 is 1.43 bits per heavy atom. The minimum Gasteiger partial charge on any atom is -0.479 e. The summed E-state index contributed by atoms with van der Waals surface area (Å²) >= 11 is 0. The largest absolute Gasteiger partial charge is 0.479 e. The molecule has 0 aliphatic heterocycles. The number of nitrogens with one attached hydrogen (secondary N) is 2. The first-order valence-corrected chi connectivity index (χ1v) is 6.02. The molecule has 4 N–H and O–H groups in total. The molecule has 0 bridgehead atoms. The fourth-order valence-corrected chi connectivity index (χ4v) is 1.57. The number of nitro groups is 1. The lowest BCUT2D eigenvalue weighted by Gasteiger charge is -2.10. The highest BCUT2D eigenvalue weighted by Gasteiger charge is 2.15. The maximum absolute atomic E-state index is 11.6. The maximum atomic E-state index is 11.6. The Bertz CT molecular complexity index is 560. The van der Waals surface area contributed by atoms with Crippen molar-refractivity contribution in [1.29, 1.82) is 0 Å². The normalized spacial score (nSPS) is 11.5. The van der Waals surface area contributed by atoms with Gasteiger partial charge in [-0.05, 0) is 13.0 Å². The first kappa shape index (κ1) is 16.4. The second-order valence-corrected chi connectivity index (χ2v) is 4.23. The summed E-state index contributed by atoms with van der Waals surface area (Å²) in [7, 11) is 0. The van der Waals surface area contributed by atoms with Crippen LogP contribution in [0.1, 0.15) is 12.0 Å². The minimum atomic E-state index is -1.55. The van der Waals surface area contributed by atoms with E-state index in [0.29, 0.717) is 5.56 Å². The molecule has 1 atom stereocenters. The van der Waals surface area contributed by atoms with Crippen molar-refractivity contribution >= 4 is 23.4 Å². The number of carboxylic acid groups (broad SMARTS) is 1. The van der Waals surface area contributed by atoms with Crippen molar-refractivity contribution in [3.05, 3.63) is 33.9 Å². The van der Waals surface area contributed by atoms with Gasteiger partial charge in [0, 0.05) is 19.0 Å². The van der Waals surface area contributed by atoms with Crippen LogP contribution in [0.5, 0.6) is 0 Å². The van der Waals surface area contributed by atoms with Crippen LogP contribution in [-0.2, 0) is 4.79 Å². The van der Waals surface area contributed by atoms with Gasteiger partial charge < -0.3 is 20.8 Å². The number of rotatable bonds is 6. The molecule has 0 fully saturated rings. The van der Waals surface area contributed by atoms with Crippen molar-refractivity contribution in [2.45, 2.75) is 19.4 Å². The molecule has 114 valence electrons. The number of carbonyl (C=O) groups excluding carboxylic acids is 1. The highest BCUT2D eigenvalue weighted by Crippen LogP contribution is 2.24. The first-order chi connectivity index (χ1) is 9.82. The number of hydrogen-bond donors (Lipinski definition) is 4. The smallest absolute Gasteiger partial charge is 0.332 e.